The Balaban J connectivity index is 1.69. The Morgan fingerprint density at radius 3 is 2.89 bits per heavy atom. The van der Waals surface area contributed by atoms with Crippen molar-refractivity contribution in [3.8, 4) is 0 Å². The number of oxazole rings is 1. The van der Waals surface area contributed by atoms with Gasteiger partial charge >= 0.3 is 0 Å². The van der Waals surface area contributed by atoms with Gasteiger partial charge in [-0.05, 0) is 65.6 Å². The summed E-state index contributed by atoms with van der Waals surface area (Å²) in [5.74, 6) is -1.61. The van der Waals surface area contributed by atoms with E-state index in [0.29, 0.717) is 16.1 Å². The van der Waals surface area contributed by atoms with Crippen LogP contribution in [-0.4, -0.2) is 17.5 Å². The smallest absolute Gasteiger partial charge is 0.277 e. The fourth-order valence-corrected chi connectivity index (χ4v) is 3.01. The van der Waals surface area contributed by atoms with E-state index in [2.05, 4.69) is 15.8 Å². The van der Waals surface area contributed by atoms with Gasteiger partial charge in [0.15, 0.2) is 17.8 Å². The largest absolute Gasteiger partial charge is 0.443 e. The first-order valence-electron chi connectivity index (χ1n) is 8.23. The lowest BCUT2D eigenvalue weighted by Crippen LogP contribution is -2.26. The van der Waals surface area contributed by atoms with E-state index in [1.165, 1.54) is 18.2 Å². The van der Waals surface area contributed by atoms with E-state index in [0.717, 1.165) is 19.2 Å². The number of hydrogen-bond donors (Lipinski definition) is 2. The van der Waals surface area contributed by atoms with E-state index >= 15 is 0 Å². The van der Waals surface area contributed by atoms with Crippen LogP contribution in [0.1, 0.15) is 23.2 Å². The van der Waals surface area contributed by atoms with E-state index in [1.54, 1.807) is 6.07 Å². The van der Waals surface area contributed by atoms with Crippen LogP contribution in [0.15, 0.2) is 35.1 Å². The van der Waals surface area contributed by atoms with Gasteiger partial charge in [0.2, 0.25) is 0 Å². The van der Waals surface area contributed by atoms with Crippen LogP contribution in [0.25, 0.3) is 11.1 Å². The van der Waals surface area contributed by atoms with Crippen molar-refractivity contribution in [3.05, 3.63) is 51.4 Å². The standard InChI is InChI=1S/C18H14F2IN3O3/c19-12-5-10(21)3-4-13(12)23-16-11(18(25)24-27-7-9-1-2-9)6-14-17(15(16)20)22-8-26-14/h3-6,8-9,23H,1-2,7H2,(H,24,25). The van der Waals surface area contributed by atoms with Crippen LogP contribution in [0.2, 0.25) is 0 Å². The van der Waals surface area contributed by atoms with E-state index in [9.17, 15) is 13.6 Å². The minimum atomic E-state index is -0.813. The Labute approximate surface area is 166 Å². The fourth-order valence-electron chi connectivity index (χ4n) is 2.55. The van der Waals surface area contributed by atoms with E-state index in [-0.39, 0.29) is 28.0 Å². The molecule has 0 saturated heterocycles. The van der Waals surface area contributed by atoms with Gasteiger partial charge in [0.1, 0.15) is 11.3 Å². The number of anilines is 2. The highest BCUT2D eigenvalue weighted by molar-refractivity contribution is 14.1. The maximum absolute atomic E-state index is 15.0. The molecule has 1 aliphatic rings. The fraction of sp³-hybridized carbons (Fsp3) is 0.222. The summed E-state index contributed by atoms with van der Waals surface area (Å²) in [4.78, 5) is 21.5. The molecule has 0 radical (unpaired) electrons. The minimum absolute atomic E-state index is 0.0325. The minimum Gasteiger partial charge on any atom is -0.443 e. The molecule has 27 heavy (non-hydrogen) atoms. The lowest BCUT2D eigenvalue weighted by Gasteiger charge is -2.14. The molecule has 1 heterocycles. The predicted octanol–water partition coefficient (Wildman–Crippen LogP) is 4.53. The summed E-state index contributed by atoms with van der Waals surface area (Å²) in [6, 6.07) is 5.77. The third-order valence-electron chi connectivity index (χ3n) is 4.18. The van der Waals surface area contributed by atoms with Gasteiger partial charge in [-0.1, -0.05) is 0 Å². The molecular weight excluding hydrogens is 471 g/mol. The molecular formula is C18H14F2IN3O3. The zero-order chi connectivity index (χ0) is 19.0. The highest BCUT2D eigenvalue weighted by Gasteiger charge is 2.24. The van der Waals surface area contributed by atoms with Gasteiger partial charge in [-0.2, -0.15) is 0 Å². The Bertz CT molecular complexity index is 1020. The molecule has 1 fully saturated rings. The van der Waals surface area contributed by atoms with Gasteiger partial charge in [0.25, 0.3) is 5.91 Å². The molecule has 4 rings (SSSR count). The van der Waals surface area contributed by atoms with E-state index < -0.39 is 17.5 Å². The van der Waals surface area contributed by atoms with Crippen LogP contribution >= 0.6 is 22.6 Å². The summed E-state index contributed by atoms with van der Waals surface area (Å²) in [5, 5.41) is 2.66. The van der Waals surface area contributed by atoms with Gasteiger partial charge < -0.3 is 9.73 Å². The number of nitrogens with one attached hydrogen (secondary N) is 2. The third-order valence-corrected chi connectivity index (χ3v) is 4.85. The molecule has 1 aromatic heterocycles. The normalized spacial score (nSPS) is 13.7. The van der Waals surface area contributed by atoms with Crippen molar-refractivity contribution in [1.29, 1.82) is 0 Å². The van der Waals surface area contributed by atoms with Crippen molar-refractivity contribution in [2.24, 2.45) is 5.92 Å². The average molecular weight is 485 g/mol. The molecule has 0 bridgehead atoms. The molecule has 0 spiro atoms. The zero-order valence-corrected chi connectivity index (χ0v) is 16.0. The summed E-state index contributed by atoms with van der Waals surface area (Å²) in [7, 11) is 0. The predicted molar refractivity (Wildman–Crippen MR) is 103 cm³/mol. The van der Waals surface area contributed by atoms with Crippen LogP contribution in [0.4, 0.5) is 20.2 Å². The first-order valence-corrected chi connectivity index (χ1v) is 9.30. The number of carbonyl (C=O) groups excluding carboxylic acids is 1. The average Bonchev–Trinajstić information content (AvgIpc) is 3.33. The lowest BCUT2D eigenvalue weighted by molar-refractivity contribution is 0.0271. The first kappa shape index (κ1) is 18.1. The number of benzene rings is 2. The maximum atomic E-state index is 15.0. The van der Waals surface area contributed by atoms with Gasteiger partial charge in [-0.3, -0.25) is 9.63 Å². The number of amides is 1. The SMILES string of the molecule is O=C(NOCC1CC1)c1cc2ocnc2c(F)c1Nc1ccc(I)cc1F. The van der Waals surface area contributed by atoms with Crippen molar-refractivity contribution in [2.45, 2.75) is 12.8 Å². The van der Waals surface area contributed by atoms with Crippen LogP contribution in [0.3, 0.4) is 0 Å². The number of halogens is 3. The van der Waals surface area contributed by atoms with Crippen LogP contribution < -0.4 is 10.8 Å². The second-order valence-electron chi connectivity index (χ2n) is 6.25. The molecule has 0 aliphatic heterocycles. The van der Waals surface area contributed by atoms with Gasteiger partial charge in [-0.15, -0.1) is 0 Å². The van der Waals surface area contributed by atoms with Crippen molar-refractivity contribution in [3.63, 3.8) is 0 Å². The third kappa shape index (κ3) is 3.88. The Hall–Kier alpha value is -2.27. The molecule has 1 amide bonds. The highest BCUT2D eigenvalue weighted by Crippen LogP contribution is 2.32. The number of hydrogen-bond acceptors (Lipinski definition) is 5. The van der Waals surface area contributed by atoms with E-state index in [1.807, 2.05) is 22.6 Å². The molecule has 1 saturated carbocycles. The van der Waals surface area contributed by atoms with Gasteiger partial charge in [0, 0.05) is 3.57 Å². The number of fused-ring (bicyclic) bond motifs is 1. The van der Waals surface area contributed by atoms with Crippen molar-refractivity contribution in [2.75, 3.05) is 11.9 Å². The summed E-state index contributed by atoms with van der Waals surface area (Å²) in [6.45, 7) is 0.396. The van der Waals surface area contributed by atoms with Crippen LogP contribution in [-0.2, 0) is 4.84 Å². The van der Waals surface area contributed by atoms with E-state index in [4.69, 9.17) is 9.25 Å². The number of carbonyl (C=O) groups is 1. The van der Waals surface area contributed by atoms with Gasteiger partial charge in [0.05, 0.1) is 23.5 Å². The molecule has 9 heteroatoms. The molecule has 2 aromatic carbocycles. The second-order valence-corrected chi connectivity index (χ2v) is 7.49. The summed E-state index contributed by atoms with van der Waals surface area (Å²) >= 11 is 1.97. The Morgan fingerprint density at radius 2 is 2.15 bits per heavy atom. The Kier molecular flexibility index (Phi) is 4.96. The molecule has 6 nitrogen and oxygen atoms in total. The monoisotopic (exact) mass is 485 g/mol. The first-order chi connectivity index (χ1) is 13.0. The Morgan fingerprint density at radius 1 is 1.33 bits per heavy atom. The van der Waals surface area contributed by atoms with Crippen LogP contribution in [0, 0.1) is 21.1 Å². The molecule has 0 atom stereocenters. The summed E-state index contributed by atoms with van der Waals surface area (Å²) in [6.07, 6.45) is 3.20. The number of nitrogens with zero attached hydrogens (tertiary/aromatic N) is 1. The van der Waals surface area contributed by atoms with Crippen molar-refractivity contribution < 1.29 is 22.8 Å². The molecule has 3 aromatic rings. The second kappa shape index (κ2) is 7.39. The topological polar surface area (TPSA) is 76.4 Å². The summed E-state index contributed by atoms with van der Waals surface area (Å²) in [5.41, 5.74) is 2.10. The molecule has 2 N–H and O–H groups in total. The quantitative estimate of drug-likeness (QED) is 0.397. The number of aromatic nitrogens is 1. The number of hydroxylamine groups is 1. The van der Waals surface area contributed by atoms with Crippen molar-refractivity contribution >= 4 is 51.0 Å². The van der Waals surface area contributed by atoms with Gasteiger partial charge in [-0.25, -0.2) is 19.2 Å². The van der Waals surface area contributed by atoms with Crippen LogP contribution in [0.5, 0.6) is 0 Å². The zero-order valence-electron chi connectivity index (χ0n) is 13.9. The maximum Gasteiger partial charge on any atom is 0.277 e. The lowest BCUT2D eigenvalue weighted by atomic mass is 10.1. The molecule has 140 valence electrons. The molecule has 0 unspecified atom stereocenters. The highest BCUT2D eigenvalue weighted by atomic mass is 127. The summed E-state index contributed by atoms with van der Waals surface area (Å²) < 4.78 is 35.0. The number of rotatable bonds is 6. The van der Waals surface area contributed by atoms with Crippen molar-refractivity contribution in [1.82, 2.24) is 10.5 Å². The molecule has 1 aliphatic carbocycles.